The standard InChI is InChI=1S/C54H39N3OSi/c1-37-44(25-15-33-55-37)45-22-8-11-26-50(45)56-38-16-14-21-43(34-38)59(40-17-4-2-5-18-40,41-19-6-3-7-20-41)42-31-29-39(30-32-42)57-51-27-12-9-23-46(51)48-35-49-47-24-10-13-28-53(47)58-54(49)36-52(48)57/h2-36,56H,1H3. The van der Waals surface area contributed by atoms with Crippen LogP contribution in [-0.4, -0.2) is 17.6 Å². The summed E-state index contributed by atoms with van der Waals surface area (Å²) in [6.45, 7) is 2.07. The Morgan fingerprint density at radius 2 is 1.10 bits per heavy atom. The van der Waals surface area contributed by atoms with E-state index >= 15 is 0 Å². The second-order valence-electron chi connectivity index (χ2n) is 15.2. The highest BCUT2D eigenvalue weighted by molar-refractivity contribution is 7.19. The van der Waals surface area contributed by atoms with Crippen molar-refractivity contribution in [3.63, 3.8) is 0 Å². The summed E-state index contributed by atoms with van der Waals surface area (Å²) in [7, 11) is -2.88. The SMILES string of the molecule is Cc1ncccc1-c1ccccc1Nc1cccc([Si](c2ccccc2)(c2ccccc2)c2ccc(-n3c4ccccc4c4cc5c(cc43)oc3ccccc35)cc2)c1. The number of rotatable bonds is 8. The number of aryl methyl sites for hydroxylation is 1. The molecule has 11 aromatic rings. The highest BCUT2D eigenvalue weighted by Gasteiger charge is 2.41. The summed E-state index contributed by atoms with van der Waals surface area (Å²) in [6, 6.07) is 74.9. The number of furan rings is 1. The summed E-state index contributed by atoms with van der Waals surface area (Å²) in [5, 5.41) is 13.8. The van der Waals surface area contributed by atoms with Crippen molar-refractivity contribution >= 4 is 83.9 Å². The predicted octanol–water partition coefficient (Wildman–Crippen LogP) is 11.2. The van der Waals surface area contributed by atoms with Crippen molar-refractivity contribution in [3.8, 4) is 16.8 Å². The maximum atomic E-state index is 6.42. The Balaban J connectivity index is 1.09. The topological polar surface area (TPSA) is 43.0 Å². The van der Waals surface area contributed by atoms with Crippen molar-refractivity contribution in [3.05, 3.63) is 218 Å². The van der Waals surface area contributed by atoms with Crippen LogP contribution in [0.4, 0.5) is 11.4 Å². The number of fused-ring (bicyclic) bond motifs is 6. The summed E-state index contributed by atoms with van der Waals surface area (Å²) in [6.07, 6.45) is 1.85. The molecule has 8 aromatic carbocycles. The summed E-state index contributed by atoms with van der Waals surface area (Å²) < 4.78 is 8.81. The van der Waals surface area contributed by atoms with Gasteiger partial charge in [-0.2, -0.15) is 0 Å². The van der Waals surface area contributed by atoms with E-state index in [1.807, 2.05) is 18.3 Å². The van der Waals surface area contributed by atoms with Crippen molar-refractivity contribution in [1.82, 2.24) is 9.55 Å². The Labute approximate surface area is 343 Å². The van der Waals surface area contributed by atoms with E-state index in [4.69, 9.17) is 4.42 Å². The third-order valence-electron chi connectivity index (χ3n) is 11.9. The minimum absolute atomic E-state index is 0.894. The van der Waals surface area contributed by atoms with Crippen LogP contribution in [-0.2, 0) is 0 Å². The van der Waals surface area contributed by atoms with Gasteiger partial charge in [-0.3, -0.25) is 4.98 Å². The van der Waals surface area contributed by atoms with E-state index < -0.39 is 8.07 Å². The van der Waals surface area contributed by atoms with E-state index in [0.29, 0.717) is 0 Å². The van der Waals surface area contributed by atoms with E-state index in [9.17, 15) is 0 Å². The molecule has 0 amide bonds. The van der Waals surface area contributed by atoms with Crippen LogP contribution in [0.15, 0.2) is 217 Å². The van der Waals surface area contributed by atoms with Gasteiger partial charge < -0.3 is 14.3 Å². The lowest BCUT2D eigenvalue weighted by Crippen LogP contribution is -2.74. The van der Waals surface area contributed by atoms with Crippen LogP contribution in [0, 0.1) is 6.92 Å². The van der Waals surface area contributed by atoms with Crippen LogP contribution in [0.2, 0.25) is 0 Å². The molecule has 11 rings (SSSR count). The molecular formula is C54H39N3OSi. The second kappa shape index (κ2) is 14.2. The zero-order valence-corrected chi connectivity index (χ0v) is 33.5. The Kier molecular flexibility index (Phi) is 8.35. The summed E-state index contributed by atoms with van der Waals surface area (Å²) in [5.74, 6) is 0. The lowest BCUT2D eigenvalue weighted by atomic mass is 10.0. The molecule has 3 aromatic heterocycles. The summed E-state index contributed by atoms with van der Waals surface area (Å²) >= 11 is 0. The molecule has 0 radical (unpaired) electrons. The molecule has 0 fully saturated rings. The Morgan fingerprint density at radius 1 is 0.458 bits per heavy atom. The minimum Gasteiger partial charge on any atom is -0.456 e. The molecule has 3 heterocycles. The van der Waals surface area contributed by atoms with Gasteiger partial charge in [0.15, 0.2) is 8.07 Å². The second-order valence-corrected chi connectivity index (χ2v) is 19.0. The molecule has 0 unspecified atom stereocenters. The van der Waals surface area contributed by atoms with Crippen LogP contribution < -0.4 is 26.1 Å². The van der Waals surface area contributed by atoms with E-state index in [0.717, 1.165) is 61.3 Å². The van der Waals surface area contributed by atoms with Gasteiger partial charge in [0.2, 0.25) is 0 Å². The molecule has 0 bridgehead atoms. The van der Waals surface area contributed by atoms with E-state index in [1.165, 1.54) is 37.0 Å². The van der Waals surface area contributed by atoms with Crippen LogP contribution >= 0.6 is 0 Å². The number of para-hydroxylation sites is 3. The molecule has 280 valence electrons. The first-order valence-electron chi connectivity index (χ1n) is 20.1. The first-order chi connectivity index (χ1) is 29.2. The number of hydrogen-bond acceptors (Lipinski definition) is 3. The van der Waals surface area contributed by atoms with Gasteiger partial charge in [0.25, 0.3) is 0 Å². The van der Waals surface area contributed by atoms with E-state index in [1.54, 1.807) is 0 Å². The molecule has 0 atom stereocenters. The smallest absolute Gasteiger partial charge is 0.179 e. The summed E-state index contributed by atoms with van der Waals surface area (Å²) in [4.78, 5) is 4.60. The highest BCUT2D eigenvalue weighted by atomic mass is 28.3. The van der Waals surface area contributed by atoms with Crippen molar-refractivity contribution < 1.29 is 4.42 Å². The Bertz CT molecular complexity index is 3270. The molecular weight excluding hydrogens is 735 g/mol. The fraction of sp³-hybridized carbons (Fsp3) is 0.0185. The largest absolute Gasteiger partial charge is 0.456 e. The van der Waals surface area contributed by atoms with E-state index in [-0.39, 0.29) is 0 Å². The van der Waals surface area contributed by atoms with Gasteiger partial charge in [0.1, 0.15) is 11.2 Å². The lowest BCUT2D eigenvalue weighted by molar-refractivity contribution is 0.669. The number of nitrogens with zero attached hydrogens (tertiary/aromatic N) is 2. The van der Waals surface area contributed by atoms with Gasteiger partial charge in [-0.05, 0) is 82.3 Å². The molecule has 4 nitrogen and oxygen atoms in total. The molecule has 0 aliphatic rings. The fourth-order valence-electron chi connectivity index (χ4n) is 9.28. The normalized spacial score (nSPS) is 11.8. The minimum atomic E-state index is -2.88. The number of pyridine rings is 1. The van der Waals surface area contributed by atoms with E-state index in [2.05, 4.69) is 216 Å². The van der Waals surface area contributed by atoms with Crippen molar-refractivity contribution in [2.45, 2.75) is 6.92 Å². The van der Waals surface area contributed by atoms with Crippen LogP contribution in [0.25, 0.3) is 60.6 Å². The van der Waals surface area contributed by atoms with Crippen molar-refractivity contribution in [2.24, 2.45) is 0 Å². The van der Waals surface area contributed by atoms with Gasteiger partial charge in [0.05, 0.1) is 11.0 Å². The maximum Gasteiger partial charge on any atom is 0.179 e. The molecule has 0 spiro atoms. The number of anilines is 2. The van der Waals surface area contributed by atoms with Gasteiger partial charge in [0, 0.05) is 67.7 Å². The number of benzene rings is 8. The Hall–Kier alpha value is -7.47. The number of aromatic nitrogens is 2. The Morgan fingerprint density at radius 3 is 1.88 bits per heavy atom. The quantitative estimate of drug-likeness (QED) is 0.124. The van der Waals surface area contributed by atoms with Gasteiger partial charge >= 0.3 is 0 Å². The molecule has 5 heteroatoms. The molecule has 1 N–H and O–H groups in total. The molecule has 0 saturated heterocycles. The monoisotopic (exact) mass is 773 g/mol. The number of nitrogens with one attached hydrogen (secondary N) is 1. The lowest BCUT2D eigenvalue weighted by Gasteiger charge is -2.35. The number of hydrogen-bond donors (Lipinski definition) is 1. The van der Waals surface area contributed by atoms with Gasteiger partial charge in [-0.15, -0.1) is 0 Å². The van der Waals surface area contributed by atoms with Crippen LogP contribution in [0.3, 0.4) is 0 Å². The molecule has 0 aliphatic carbocycles. The zero-order valence-electron chi connectivity index (χ0n) is 32.5. The molecule has 0 aliphatic heterocycles. The third kappa shape index (κ3) is 5.70. The first-order valence-corrected chi connectivity index (χ1v) is 22.1. The maximum absolute atomic E-state index is 6.42. The average Bonchev–Trinajstić information content (AvgIpc) is 3.82. The highest BCUT2D eigenvalue weighted by Crippen LogP contribution is 2.38. The van der Waals surface area contributed by atoms with Crippen molar-refractivity contribution in [2.75, 3.05) is 5.32 Å². The zero-order chi connectivity index (χ0) is 39.3. The van der Waals surface area contributed by atoms with Crippen LogP contribution in [0.5, 0.6) is 0 Å². The predicted molar refractivity (Wildman–Crippen MR) is 249 cm³/mol. The van der Waals surface area contributed by atoms with Gasteiger partial charge in [-0.1, -0.05) is 146 Å². The van der Waals surface area contributed by atoms with Crippen LogP contribution in [0.1, 0.15) is 5.69 Å². The summed E-state index contributed by atoms with van der Waals surface area (Å²) in [5.41, 5.74) is 10.5. The van der Waals surface area contributed by atoms with Gasteiger partial charge in [-0.25, -0.2) is 0 Å². The molecule has 59 heavy (non-hydrogen) atoms. The fourth-order valence-corrected chi connectivity index (χ4v) is 14.1. The molecule has 0 saturated carbocycles. The van der Waals surface area contributed by atoms with Crippen molar-refractivity contribution in [1.29, 1.82) is 0 Å². The first kappa shape index (κ1) is 34.7. The average molecular weight is 774 g/mol. The third-order valence-corrected chi connectivity index (χ3v) is 16.7.